The summed E-state index contributed by atoms with van der Waals surface area (Å²) >= 11 is 0. The molecule has 0 aliphatic carbocycles. The Balaban J connectivity index is 1.43. The number of hydrogen-bond donors (Lipinski definition) is 1. The molecule has 2 heterocycles. The number of benzene rings is 2. The van der Waals surface area contributed by atoms with Gasteiger partial charge in [-0.15, -0.1) is 0 Å². The van der Waals surface area contributed by atoms with Crippen LogP contribution < -0.4 is 19.7 Å². The highest BCUT2D eigenvalue weighted by molar-refractivity contribution is 7.89. The van der Waals surface area contributed by atoms with E-state index in [-0.39, 0.29) is 29.7 Å². The summed E-state index contributed by atoms with van der Waals surface area (Å²) in [6, 6.07) is 11.2. The van der Waals surface area contributed by atoms with Gasteiger partial charge in [0, 0.05) is 37.8 Å². The van der Waals surface area contributed by atoms with Crippen molar-refractivity contribution in [3.63, 3.8) is 0 Å². The van der Waals surface area contributed by atoms with E-state index in [1.54, 1.807) is 30.3 Å². The molecule has 2 aromatic carbocycles. The Morgan fingerprint density at radius 1 is 1.06 bits per heavy atom. The van der Waals surface area contributed by atoms with Gasteiger partial charge in [0.15, 0.2) is 0 Å². The lowest BCUT2D eigenvalue weighted by atomic mass is 10.1. The van der Waals surface area contributed by atoms with E-state index in [1.807, 2.05) is 0 Å². The van der Waals surface area contributed by atoms with Gasteiger partial charge in [0.2, 0.25) is 21.8 Å². The summed E-state index contributed by atoms with van der Waals surface area (Å²) in [5, 5.41) is 2.78. The Labute approximate surface area is 198 Å². The second kappa shape index (κ2) is 10.00. The van der Waals surface area contributed by atoms with Crippen LogP contribution in [0.2, 0.25) is 0 Å². The maximum absolute atomic E-state index is 12.9. The van der Waals surface area contributed by atoms with Gasteiger partial charge in [0.05, 0.1) is 43.9 Å². The second-order valence-corrected chi connectivity index (χ2v) is 9.91. The summed E-state index contributed by atoms with van der Waals surface area (Å²) in [5.41, 5.74) is 0.996. The molecule has 34 heavy (non-hydrogen) atoms. The predicted octanol–water partition coefficient (Wildman–Crippen LogP) is 1.72. The van der Waals surface area contributed by atoms with E-state index in [1.165, 1.54) is 35.6 Å². The highest BCUT2D eigenvalue weighted by Gasteiger charge is 2.36. The van der Waals surface area contributed by atoms with Gasteiger partial charge in [0.1, 0.15) is 11.5 Å². The molecule has 2 amide bonds. The molecule has 1 atom stereocenters. The molecule has 10 nitrogen and oxygen atoms in total. The Morgan fingerprint density at radius 3 is 2.41 bits per heavy atom. The number of carbonyl (C=O) groups excluding carboxylic acids is 2. The summed E-state index contributed by atoms with van der Waals surface area (Å²) in [6.45, 7) is 1.55. The summed E-state index contributed by atoms with van der Waals surface area (Å²) in [5.74, 6) is -0.00350. The van der Waals surface area contributed by atoms with Crippen molar-refractivity contribution in [3.05, 3.63) is 42.5 Å². The van der Waals surface area contributed by atoms with Gasteiger partial charge >= 0.3 is 0 Å². The zero-order chi connectivity index (χ0) is 24.3. The van der Waals surface area contributed by atoms with Crippen LogP contribution in [-0.2, 0) is 24.3 Å². The van der Waals surface area contributed by atoms with Crippen molar-refractivity contribution in [2.75, 3.05) is 57.3 Å². The second-order valence-electron chi connectivity index (χ2n) is 7.97. The molecule has 0 unspecified atom stereocenters. The van der Waals surface area contributed by atoms with Crippen LogP contribution in [0, 0.1) is 5.92 Å². The Kier molecular flexibility index (Phi) is 7.05. The fraction of sp³-hybridized carbons (Fsp3) is 0.391. The topological polar surface area (TPSA) is 114 Å². The van der Waals surface area contributed by atoms with E-state index in [4.69, 9.17) is 14.2 Å². The maximum Gasteiger partial charge on any atom is 0.243 e. The molecule has 1 N–H and O–H groups in total. The van der Waals surface area contributed by atoms with Crippen LogP contribution in [0.5, 0.6) is 11.5 Å². The Morgan fingerprint density at radius 2 is 1.76 bits per heavy atom. The molecule has 0 saturated carbocycles. The number of carbonyl (C=O) groups is 2. The average Bonchev–Trinajstić information content (AvgIpc) is 3.26. The van der Waals surface area contributed by atoms with E-state index in [9.17, 15) is 18.0 Å². The van der Waals surface area contributed by atoms with Crippen molar-refractivity contribution in [1.29, 1.82) is 0 Å². The molecule has 0 radical (unpaired) electrons. The minimum absolute atomic E-state index is 0.0513. The third-order valence-corrected chi connectivity index (χ3v) is 7.82. The number of ether oxygens (including phenoxy) is 3. The van der Waals surface area contributed by atoms with Gasteiger partial charge in [0.25, 0.3) is 0 Å². The number of amides is 2. The number of rotatable bonds is 7. The first-order chi connectivity index (χ1) is 16.3. The molecule has 0 bridgehead atoms. The van der Waals surface area contributed by atoms with Crippen molar-refractivity contribution < 1.29 is 32.2 Å². The molecule has 2 aliphatic rings. The van der Waals surface area contributed by atoms with Crippen LogP contribution in [-0.4, -0.2) is 71.6 Å². The van der Waals surface area contributed by atoms with E-state index in [0.717, 1.165) is 0 Å². The van der Waals surface area contributed by atoms with Crippen molar-refractivity contribution in [1.82, 2.24) is 4.31 Å². The summed E-state index contributed by atoms with van der Waals surface area (Å²) in [7, 11) is -0.568. The van der Waals surface area contributed by atoms with Gasteiger partial charge in [-0.1, -0.05) is 0 Å². The molecule has 2 fully saturated rings. The molecule has 0 aromatic heterocycles. The van der Waals surface area contributed by atoms with Crippen molar-refractivity contribution >= 4 is 33.2 Å². The van der Waals surface area contributed by atoms with Crippen LogP contribution in [0.25, 0.3) is 0 Å². The number of nitrogens with one attached hydrogen (secondary N) is 1. The van der Waals surface area contributed by atoms with Gasteiger partial charge in [-0.05, 0) is 36.4 Å². The quantitative estimate of drug-likeness (QED) is 0.630. The number of sulfonamides is 1. The number of methoxy groups -OCH3 is 2. The van der Waals surface area contributed by atoms with E-state index >= 15 is 0 Å². The molecule has 4 rings (SSSR count). The van der Waals surface area contributed by atoms with E-state index < -0.39 is 15.9 Å². The lowest BCUT2D eigenvalue weighted by Crippen LogP contribution is -2.40. The number of anilines is 2. The highest BCUT2D eigenvalue weighted by Crippen LogP contribution is 2.36. The average molecular weight is 490 g/mol. The normalized spacial score (nSPS) is 19.2. The van der Waals surface area contributed by atoms with Crippen LogP contribution in [0.4, 0.5) is 11.4 Å². The Bertz CT molecular complexity index is 1160. The van der Waals surface area contributed by atoms with E-state index in [2.05, 4.69) is 5.32 Å². The summed E-state index contributed by atoms with van der Waals surface area (Å²) in [6.07, 6.45) is 0.0513. The third kappa shape index (κ3) is 4.86. The lowest BCUT2D eigenvalue weighted by Gasteiger charge is -2.26. The largest absolute Gasteiger partial charge is 0.497 e. The predicted molar refractivity (Wildman–Crippen MR) is 125 cm³/mol. The molecule has 0 spiro atoms. The van der Waals surface area contributed by atoms with Crippen LogP contribution in [0.15, 0.2) is 47.4 Å². The molecule has 182 valence electrons. The van der Waals surface area contributed by atoms with Crippen molar-refractivity contribution in [2.24, 2.45) is 5.92 Å². The van der Waals surface area contributed by atoms with Gasteiger partial charge in [-0.3, -0.25) is 9.59 Å². The number of morpholine rings is 1. The summed E-state index contributed by atoms with van der Waals surface area (Å²) in [4.78, 5) is 27.2. The SMILES string of the molecule is COc1ccc(OC)c(N2C[C@H](C(=O)Nc3ccc(S(=O)(=O)N4CCOCC4)cc3)CC2=O)c1. The Hall–Kier alpha value is -3.15. The first kappa shape index (κ1) is 24.0. The molecule has 11 heteroatoms. The van der Waals surface area contributed by atoms with Gasteiger partial charge < -0.3 is 24.4 Å². The smallest absolute Gasteiger partial charge is 0.243 e. The fourth-order valence-corrected chi connectivity index (χ4v) is 5.42. The first-order valence-corrected chi connectivity index (χ1v) is 12.3. The van der Waals surface area contributed by atoms with Crippen LogP contribution >= 0.6 is 0 Å². The molecule has 2 aliphatic heterocycles. The number of nitrogens with zero attached hydrogens (tertiary/aromatic N) is 2. The van der Waals surface area contributed by atoms with E-state index in [0.29, 0.717) is 49.2 Å². The van der Waals surface area contributed by atoms with Crippen molar-refractivity contribution in [3.8, 4) is 11.5 Å². The monoisotopic (exact) mass is 489 g/mol. The molecule has 2 saturated heterocycles. The standard InChI is InChI=1S/C23H27N3O7S/c1-31-18-5-8-21(32-2)20(14-18)26-15-16(13-22(26)27)23(28)24-17-3-6-19(7-4-17)34(29,30)25-9-11-33-12-10-25/h3-8,14,16H,9-13,15H2,1-2H3,(H,24,28)/t16-/m1/s1. The highest BCUT2D eigenvalue weighted by atomic mass is 32.2. The van der Waals surface area contributed by atoms with Gasteiger partial charge in [-0.25, -0.2) is 8.42 Å². The summed E-state index contributed by atoms with van der Waals surface area (Å²) < 4.78 is 42.7. The minimum atomic E-state index is -3.61. The fourth-order valence-electron chi connectivity index (χ4n) is 4.01. The van der Waals surface area contributed by atoms with Crippen LogP contribution in [0.3, 0.4) is 0 Å². The third-order valence-electron chi connectivity index (χ3n) is 5.90. The minimum Gasteiger partial charge on any atom is -0.497 e. The molecule has 2 aromatic rings. The lowest BCUT2D eigenvalue weighted by molar-refractivity contribution is -0.122. The number of hydrogen-bond acceptors (Lipinski definition) is 7. The first-order valence-electron chi connectivity index (χ1n) is 10.8. The maximum atomic E-state index is 12.9. The zero-order valence-corrected chi connectivity index (χ0v) is 19.8. The van der Waals surface area contributed by atoms with Crippen molar-refractivity contribution in [2.45, 2.75) is 11.3 Å². The van der Waals surface area contributed by atoms with Gasteiger partial charge in [-0.2, -0.15) is 4.31 Å². The molecular weight excluding hydrogens is 462 g/mol. The van der Waals surface area contributed by atoms with Crippen LogP contribution in [0.1, 0.15) is 6.42 Å². The zero-order valence-electron chi connectivity index (χ0n) is 19.0. The molecular formula is C23H27N3O7S.